The van der Waals surface area contributed by atoms with Crippen molar-refractivity contribution in [2.75, 3.05) is 13.2 Å². The number of ether oxygens (including phenoxy) is 1. The van der Waals surface area contributed by atoms with Crippen LogP contribution in [-0.2, 0) is 14.3 Å². The standard InChI is InChI=1S/C28H32N2O5/c1-18(25(31)30-24-13-7-8-15-28(24,2)26(32)33)14-16-29-27(34)35-17-23-21-11-5-3-9-19(21)20-10-4-6-12-22(20)23/h3-6,9-12,14,23-24H,7-8,13,15-17H2,1-2H3,(H,29,34)(H,30,31)(H,32,33)/b18-14+. The molecule has 2 amide bonds. The van der Waals surface area contributed by atoms with E-state index in [0.29, 0.717) is 18.4 Å². The minimum Gasteiger partial charge on any atom is -0.481 e. The number of hydrogen-bond acceptors (Lipinski definition) is 4. The molecule has 0 bridgehead atoms. The van der Waals surface area contributed by atoms with Gasteiger partial charge in [0.1, 0.15) is 6.61 Å². The Morgan fingerprint density at radius 2 is 1.69 bits per heavy atom. The van der Waals surface area contributed by atoms with Crippen LogP contribution in [0.2, 0.25) is 0 Å². The van der Waals surface area contributed by atoms with E-state index < -0.39 is 23.5 Å². The Morgan fingerprint density at radius 1 is 1.06 bits per heavy atom. The van der Waals surface area contributed by atoms with E-state index in [0.717, 1.165) is 24.0 Å². The number of hydrogen-bond donors (Lipinski definition) is 3. The van der Waals surface area contributed by atoms with Crippen LogP contribution in [0.1, 0.15) is 56.6 Å². The van der Waals surface area contributed by atoms with Crippen LogP contribution in [0, 0.1) is 5.41 Å². The predicted octanol–water partition coefficient (Wildman–Crippen LogP) is 4.62. The maximum absolute atomic E-state index is 12.6. The first-order valence-electron chi connectivity index (χ1n) is 12.1. The molecule has 1 fully saturated rings. The number of benzene rings is 2. The van der Waals surface area contributed by atoms with Gasteiger partial charge in [-0.2, -0.15) is 0 Å². The van der Waals surface area contributed by atoms with Crippen molar-refractivity contribution in [3.63, 3.8) is 0 Å². The lowest BCUT2D eigenvalue weighted by Crippen LogP contribution is -2.52. The van der Waals surface area contributed by atoms with Crippen molar-refractivity contribution in [3.8, 4) is 11.1 Å². The van der Waals surface area contributed by atoms with E-state index in [1.165, 1.54) is 11.1 Å². The lowest BCUT2D eigenvalue weighted by Gasteiger charge is -2.38. The van der Waals surface area contributed by atoms with E-state index in [1.54, 1.807) is 19.9 Å². The minimum absolute atomic E-state index is 0.0183. The molecule has 0 spiro atoms. The van der Waals surface area contributed by atoms with Crippen molar-refractivity contribution in [1.29, 1.82) is 0 Å². The fourth-order valence-corrected chi connectivity index (χ4v) is 5.12. The first kappa shape index (κ1) is 24.5. The van der Waals surface area contributed by atoms with Gasteiger partial charge in [0.2, 0.25) is 5.91 Å². The molecule has 0 heterocycles. The number of rotatable bonds is 7. The summed E-state index contributed by atoms with van der Waals surface area (Å²) in [5, 5.41) is 15.2. The summed E-state index contributed by atoms with van der Waals surface area (Å²) >= 11 is 0. The van der Waals surface area contributed by atoms with E-state index in [-0.39, 0.29) is 25.0 Å². The molecule has 4 rings (SSSR count). The number of amides is 2. The number of carbonyl (C=O) groups excluding carboxylic acids is 2. The van der Waals surface area contributed by atoms with Gasteiger partial charge in [-0.15, -0.1) is 0 Å². The Hall–Kier alpha value is -3.61. The van der Waals surface area contributed by atoms with Crippen molar-refractivity contribution in [1.82, 2.24) is 10.6 Å². The zero-order valence-corrected chi connectivity index (χ0v) is 20.2. The zero-order chi connectivity index (χ0) is 25.0. The van der Waals surface area contributed by atoms with Gasteiger partial charge in [0.05, 0.1) is 5.41 Å². The number of aliphatic carboxylic acids is 1. The molecule has 2 aliphatic rings. The van der Waals surface area contributed by atoms with Crippen LogP contribution < -0.4 is 10.6 Å². The number of carbonyl (C=O) groups is 3. The normalized spacial score (nSPS) is 21.5. The molecular formula is C28H32N2O5. The van der Waals surface area contributed by atoms with Crippen molar-refractivity contribution in [3.05, 3.63) is 71.3 Å². The third-order valence-corrected chi connectivity index (χ3v) is 7.36. The second kappa shape index (κ2) is 10.3. The molecule has 7 nitrogen and oxygen atoms in total. The Balaban J connectivity index is 1.29. The Kier molecular flexibility index (Phi) is 7.24. The first-order valence-corrected chi connectivity index (χ1v) is 12.1. The van der Waals surface area contributed by atoms with Gasteiger partial charge in [-0.05, 0) is 48.9 Å². The van der Waals surface area contributed by atoms with Gasteiger partial charge in [0, 0.05) is 24.1 Å². The van der Waals surface area contributed by atoms with Crippen LogP contribution in [-0.4, -0.2) is 42.3 Å². The quantitative estimate of drug-likeness (QED) is 0.506. The van der Waals surface area contributed by atoms with Gasteiger partial charge in [-0.1, -0.05) is 67.4 Å². The highest BCUT2D eigenvalue weighted by Gasteiger charge is 2.43. The van der Waals surface area contributed by atoms with Crippen LogP contribution >= 0.6 is 0 Å². The summed E-state index contributed by atoms with van der Waals surface area (Å²) in [5.41, 5.74) is 4.07. The first-order chi connectivity index (χ1) is 16.8. The van der Waals surface area contributed by atoms with E-state index in [2.05, 4.69) is 34.9 Å². The molecule has 2 unspecified atom stereocenters. The van der Waals surface area contributed by atoms with E-state index >= 15 is 0 Å². The summed E-state index contributed by atoms with van der Waals surface area (Å²) < 4.78 is 5.51. The highest BCUT2D eigenvalue weighted by Crippen LogP contribution is 2.44. The predicted molar refractivity (Wildman–Crippen MR) is 133 cm³/mol. The molecule has 0 aliphatic heterocycles. The number of fused-ring (bicyclic) bond motifs is 3. The molecule has 0 radical (unpaired) electrons. The molecule has 184 valence electrons. The molecule has 0 saturated heterocycles. The fraction of sp³-hybridized carbons (Fsp3) is 0.393. The summed E-state index contributed by atoms with van der Waals surface area (Å²) in [6.07, 6.45) is 3.97. The molecule has 2 aromatic rings. The monoisotopic (exact) mass is 476 g/mol. The van der Waals surface area contributed by atoms with Gasteiger partial charge in [0.15, 0.2) is 0 Å². The topological polar surface area (TPSA) is 105 Å². The molecule has 3 N–H and O–H groups in total. The van der Waals surface area contributed by atoms with Crippen LogP contribution in [0.5, 0.6) is 0 Å². The Labute approximate surface area is 205 Å². The third-order valence-electron chi connectivity index (χ3n) is 7.36. The average Bonchev–Trinajstić information content (AvgIpc) is 3.17. The largest absolute Gasteiger partial charge is 0.481 e. The molecule has 1 saturated carbocycles. The number of carboxylic acid groups (broad SMARTS) is 1. The van der Waals surface area contributed by atoms with Crippen molar-refractivity contribution in [2.24, 2.45) is 5.41 Å². The molecule has 7 heteroatoms. The maximum Gasteiger partial charge on any atom is 0.407 e. The molecule has 0 aromatic heterocycles. The van der Waals surface area contributed by atoms with Crippen LogP contribution in [0.4, 0.5) is 4.79 Å². The average molecular weight is 477 g/mol. The Bertz CT molecular complexity index is 1110. The van der Waals surface area contributed by atoms with Crippen LogP contribution in [0.25, 0.3) is 11.1 Å². The van der Waals surface area contributed by atoms with Gasteiger partial charge in [0.25, 0.3) is 0 Å². The summed E-state index contributed by atoms with van der Waals surface area (Å²) in [4.78, 5) is 36.7. The van der Waals surface area contributed by atoms with E-state index in [4.69, 9.17) is 4.74 Å². The van der Waals surface area contributed by atoms with Gasteiger partial charge in [-0.25, -0.2) is 4.79 Å². The van der Waals surface area contributed by atoms with Crippen LogP contribution in [0.15, 0.2) is 60.2 Å². The summed E-state index contributed by atoms with van der Waals surface area (Å²) in [6, 6.07) is 15.9. The summed E-state index contributed by atoms with van der Waals surface area (Å²) in [6.45, 7) is 3.70. The fourth-order valence-electron chi connectivity index (χ4n) is 5.12. The molecule has 2 atom stereocenters. The highest BCUT2D eigenvalue weighted by atomic mass is 16.5. The molecule has 35 heavy (non-hydrogen) atoms. The Morgan fingerprint density at radius 3 is 2.31 bits per heavy atom. The van der Waals surface area contributed by atoms with E-state index in [1.807, 2.05) is 24.3 Å². The smallest absolute Gasteiger partial charge is 0.407 e. The highest BCUT2D eigenvalue weighted by molar-refractivity contribution is 5.93. The van der Waals surface area contributed by atoms with Gasteiger partial charge in [-0.3, -0.25) is 9.59 Å². The number of carboxylic acids is 1. The van der Waals surface area contributed by atoms with E-state index in [9.17, 15) is 19.5 Å². The molecule has 2 aromatic carbocycles. The lowest BCUT2D eigenvalue weighted by atomic mass is 9.71. The minimum atomic E-state index is -0.965. The number of nitrogens with one attached hydrogen (secondary N) is 2. The van der Waals surface area contributed by atoms with Gasteiger partial charge >= 0.3 is 12.1 Å². The summed E-state index contributed by atoms with van der Waals surface area (Å²) in [5.74, 6) is -1.23. The second-order valence-electron chi connectivity index (χ2n) is 9.59. The zero-order valence-electron chi connectivity index (χ0n) is 20.2. The number of alkyl carbamates (subject to hydrolysis) is 1. The SMILES string of the molecule is C/C(=C\CNC(=O)OCC1c2ccccc2-c2ccccc21)C(=O)NC1CCCCC1(C)C(=O)O. The van der Waals surface area contributed by atoms with Crippen molar-refractivity contribution >= 4 is 18.0 Å². The second-order valence-corrected chi connectivity index (χ2v) is 9.59. The lowest BCUT2D eigenvalue weighted by molar-refractivity contribution is -0.152. The van der Waals surface area contributed by atoms with Gasteiger partial charge < -0.3 is 20.5 Å². The van der Waals surface area contributed by atoms with Crippen molar-refractivity contribution < 1.29 is 24.2 Å². The third kappa shape index (κ3) is 5.09. The molecular weight excluding hydrogens is 444 g/mol. The van der Waals surface area contributed by atoms with Crippen LogP contribution in [0.3, 0.4) is 0 Å². The molecule has 2 aliphatic carbocycles. The van der Waals surface area contributed by atoms with Crippen molar-refractivity contribution in [2.45, 2.75) is 51.5 Å². The summed E-state index contributed by atoms with van der Waals surface area (Å²) in [7, 11) is 0. The maximum atomic E-state index is 12.6.